The van der Waals surface area contributed by atoms with E-state index in [4.69, 9.17) is 9.84 Å². The van der Waals surface area contributed by atoms with Crippen LogP contribution >= 0.6 is 0 Å². The van der Waals surface area contributed by atoms with Gasteiger partial charge in [-0.25, -0.2) is 4.39 Å². The molecule has 0 atom stereocenters. The Bertz CT molecular complexity index is 1130. The van der Waals surface area contributed by atoms with Gasteiger partial charge in [-0.15, -0.1) is 0 Å². The molecule has 0 aromatic heterocycles. The summed E-state index contributed by atoms with van der Waals surface area (Å²) in [6, 6.07) is 20.3. The number of ether oxygens (including phenoxy) is 1. The lowest BCUT2D eigenvalue weighted by atomic mass is 10.0. The molecule has 0 unspecified atom stereocenters. The predicted molar refractivity (Wildman–Crippen MR) is 140 cm³/mol. The lowest BCUT2D eigenvalue weighted by Crippen LogP contribution is -2.25. The van der Waals surface area contributed by atoms with Crippen LogP contribution in [0.1, 0.15) is 60.0 Å². The highest BCUT2D eigenvalue weighted by molar-refractivity contribution is 5.94. The number of unbranched alkanes of at least 4 members (excludes halogenated alkanes) is 4. The monoisotopic (exact) mass is 491 g/mol. The van der Waals surface area contributed by atoms with Crippen molar-refractivity contribution < 1.29 is 23.8 Å². The maximum Gasteiger partial charge on any atom is 0.305 e. The molecule has 5 nitrogen and oxygen atoms in total. The van der Waals surface area contributed by atoms with E-state index in [1.807, 2.05) is 49.4 Å². The summed E-state index contributed by atoms with van der Waals surface area (Å²) in [5, 5.41) is 11.2. The van der Waals surface area contributed by atoms with Crippen LogP contribution in [0.15, 0.2) is 66.7 Å². The largest absolute Gasteiger partial charge is 0.494 e. The number of amides is 1. The van der Waals surface area contributed by atoms with E-state index in [1.165, 1.54) is 11.6 Å². The van der Waals surface area contributed by atoms with Crippen molar-refractivity contribution >= 4 is 11.9 Å². The Morgan fingerprint density at radius 3 is 2.28 bits per heavy atom. The van der Waals surface area contributed by atoms with Gasteiger partial charge >= 0.3 is 5.97 Å². The van der Waals surface area contributed by atoms with Crippen LogP contribution in [-0.4, -0.2) is 30.1 Å². The summed E-state index contributed by atoms with van der Waals surface area (Å²) in [4.78, 5) is 22.5. The summed E-state index contributed by atoms with van der Waals surface area (Å²) in [7, 11) is 0. The van der Waals surface area contributed by atoms with Gasteiger partial charge in [0.1, 0.15) is 11.6 Å². The highest BCUT2D eigenvalue weighted by Gasteiger charge is 2.06. The first-order valence-corrected chi connectivity index (χ1v) is 12.5. The molecule has 0 saturated carbocycles. The predicted octanol–water partition coefficient (Wildman–Crippen LogP) is 6.58. The number of halogens is 1. The molecular formula is C30H34FNO4. The summed E-state index contributed by atoms with van der Waals surface area (Å²) >= 11 is 0. The van der Waals surface area contributed by atoms with Crippen LogP contribution in [0, 0.1) is 12.7 Å². The van der Waals surface area contributed by atoms with E-state index >= 15 is 0 Å². The smallest absolute Gasteiger partial charge is 0.305 e. The molecule has 0 saturated heterocycles. The van der Waals surface area contributed by atoms with Crippen LogP contribution < -0.4 is 10.1 Å². The Morgan fingerprint density at radius 2 is 1.58 bits per heavy atom. The van der Waals surface area contributed by atoms with Crippen molar-refractivity contribution in [2.24, 2.45) is 0 Å². The van der Waals surface area contributed by atoms with Gasteiger partial charge in [-0.2, -0.15) is 0 Å². The highest BCUT2D eigenvalue weighted by Crippen LogP contribution is 2.26. The number of benzene rings is 3. The minimum atomic E-state index is -0.928. The number of hydrogen-bond donors (Lipinski definition) is 2. The first-order chi connectivity index (χ1) is 17.4. The zero-order valence-corrected chi connectivity index (χ0v) is 20.8. The van der Waals surface area contributed by atoms with Gasteiger partial charge in [-0.3, -0.25) is 9.59 Å². The van der Waals surface area contributed by atoms with Gasteiger partial charge < -0.3 is 15.2 Å². The summed E-state index contributed by atoms with van der Waals surface area (Å²) < 4.78 is 19.2. The molecule has 3 aromatic rings. The molecule has 190 valence electrons. The number of carbonyl (C=O) groups is 2. The van der Waals surface area contributed by atoms with Crippen molar-refractivity contribution in [1.29, 1.82) is 0 Å². The van der Waals surface area contributed by atoms with Crippen molar-refractivity contribution in [3.8, 4) is 16.9 Å². The Labute approximate surface area is 212 Å². The molecule has 0 radical (unpaired) electrons. The quantitative estimate of drug-likeness (QED) is 0.250. The standard InChI is InChI=1S/C30H34FNO4/c1-22-21-26(31)14-17-28(22)24-12-15-27(16-13-24)36-20-6-4-2-3-5-7-23-8-10-25(11-9-23)30(35)32-19-18-29(33)34/h8-17,21H,2-7,18-20H2,1H3,(H,32,35)(H,33,34). The van der Waals surface area contributed by atoms with E-state index < -0.39 is 5.97 Å². The normalized spacial score (nSPS) is 10.7. The van der Waals surface area contributed by atoms with E-state index in [9.17, 15) is 14.0 Å². The van der Waals surface area contributed by atoms with Crippen molar-refractivity contribution in [2.45, 2.75) is 51.9 Å². The molecule has 2 N–H and O–H groups in total. The fourth-order valence-electron chi connectivity index (χ4n) is 4.04. The van der Waals surface area contributed by atoms with Crippen molar-refractivity contribution in [2.75, 3.05) is 13.2 Å². The number of carboxylic acid groups (broad SMARTS) is 1. The number of carboxylic acids is 1. The average Bonchev–Trinajstić information content (AvgIpc) is 2.86. The number of nitrogens with one attached hydrogen (secondary N) is 1. The maximum absolute atomic E-state index is 13.3. The van der Waals surface area contributed by atoms with E-state index in [0.717, 1.165) is 61.0 Å². The van der Waals surface area contributed by atoms with Crippen molar-refractivity contribution in [1.82, 2.24) is 5.32 Å². The van der Waals surface area contributed by atoms with E-state index in [0.29, 0.717) is 12.2 Å². The van der Waals surface area contributed by atoms with Crippen LogP contribution in [0.2, 0.25) is 0 Å². The van der Waals surface area contributed by atoms with Gasteiger partial charge in [0.15, 0.2) is 0 Å². The molecule has 0 aliphatic heterocycles. The summed E-state index contributed by atoms with van der Waals surface area (Å²) in [5.41, 5.74) is 4.73. The second-order valence-corrected chi connectivity index (χ2v) is 8.95. The fraction of sp³-hybridized carbons (Fsp3) is 0.333. The average molecular weight is 492 g/mol. The minimum absolute atomic E-state index is 0.0817. The van der Waals surface area contributed by atoms with E-state index in [-0.39, 0.29) is 24.7 Å². The molecule has 36 heavy (non-hydrogen) atoms. The number of rotatable bonds is 14. The molecule has 1 amide bonds. The second kappa shape index (κ2) is 14.0. The zero-order chi connectivity index (χ0) is 25.8. The van der Waals surface area contributed by atoms with Gasteiger partial charge in [0, 0.05) is 12.1 Å². The van der Waals surface area contributed by atoms with Crippen LogP contribution in [0.4, 0.5) is 4.39 Å². The van der Waals surface area contributed by atoms with Crippen LogP contribution in [0.25, 0.3) is 11.1 Å². The van der Waals surface area contributed by atoms with E-state index in [1.54, 1.807) is 18.2 Å². The number of carbonyl (C=O) groups excluding carboxylic acids is 1. The molecule has 0 bridgehead atoms. The topological polar surface area (TPSA) is 75.6 Å². The molecule has 0 aliphatic carbocycles. The molecule has 0 heterocycles. The number of hydrogen-bond acceptors (Lipinski definition) is 3. The van der Waals surface area contributed by atoms with Crippen LogP contribution in [0.5, 0.6) is 5.75 Å². The van der Waals surface area contributed by atoms with E-state index in [2.05, 4.69) is 5.32 Å². The van der Waals surface area contributed by atoms with Crippen molar-refractivity contribution in [3.63, 3.8) is 0 Å². The SMILES string of the molecule is Cc1cc(F)ccc1-c1ccc(OCCCCCCCc2ccc(C(=O)NCCC(=O)O)cc2)cc1. The summed E-state index contributed by atoms with van der Waals surface area (Å²) in [5.74, 6) is -0.549. The molecule has 0 spiro atoms. The Kier molecular flexibility index (Phi) is 10.5. The Morgan fingerprint density at radius 1 is 0.889 bits per heavy atom. The maximum atomic E-state index is 13.3. The van der Waals surface area contributed by atoms with Gasteiger partial charge in [0.2, 0.25) is 0 Å². The third kappa shape index (κ3) is 8.84. The first-order valence-electron chi connectivity index (χ1n) is 12.5. The van der Waals surface area contributed by atoms with Crippen LogP contribution in [-0.2, 0) is 11.2 Å². The third-order valence-electron chi connectivity index (χ3n) is 6.07. The summed E-state index contributed by atoms with van der Waals surface area (Å²) in [6.07, 6.45) is 6.39. The number of aliphatic carboxylic acids is 1. The Hall–Kier alpha value is -3.67. The third-order valence-corrected chi connectivity index (χ3v) is 6.07. The molecule has 3 aromatic carbocycles. The summed E-state index contributed by atoms with van der Waals surface area (Å²) in [6.45, 7) is 2.73. The molecule has 0 aliphatic rings. The lowest BCUT2D eigenvalue weighted by molar-refractivity contribution is -0.136. The molecule has 3 rings (SSSR count). The molecular weight excluding hydrogens is 457 g/mol. The van der Waals surface area contributed by atoms with Gasteiger partial charge in [0.05, 0.1) is 13.0 Å². The van der Waals surface area contributed by atoms with Crippen LogP contribution in [0.3, 0.4) is 0 Å². The van der Waals surface area contributed by atoms with Crippen molar-refractivity contribution in [3.05, 3.63) is 89.2 Å². The highest BCUT2D eigenvalue weighted by atomic mass is 19.1. The van der Waals surface area contributed by atoms with Gasteiger partial charge in [-0.1, -0.05) is 49.6 Å². The molecule has 0 fully saturated rings. The van der Waals surface area contributed by atoms with Gasteiger partial charge in [0.25, 0.3) is 5.91 Å². The molecule has 6 heteroatoms. The number of aryl methyl sites for hydroxylation is 2. The minimum Gasteiger partial charge on any atom is -0.494 e. The zero-order valence-electron chi connectivity index (χ0n) is 20.8. The first kappa shape index (κ1) is 26.9. The Balaban J connectivity index is 1.26. The van der Waals surface area contributed by atoms with Gasteiger partial charge in [-0.05, 0) is 84.8 Å². The fourth-order valence-corrected chi connectivity index (χ4v) is 4.04. The lowest BCUT2D eigenvalue weighted by Gasteiger charge is -2.09. The second-order valence-electron chi connectivity index (χ2n) is 8.95.